The topological polar surface area (TPSA) is 67.3 Å². The highest BCUT2D eigenvalue weighted by Crippen LogP contribution is 2.29. The van der Waals surface area contributed by atoms with E-state index in [1.54, 1.807) is 18.4 Å². The molecule has 1 aliphatic heterocycles. The van der Waals surface area contributed by atoms with E-state index < -0.39 is 0 Å². The molecule has 150 valence electrons. The van der Waals surface area contributed by atoms with Crippen molar-refractivity contribution in [1.29, 1.82) is 0 Å². The molecule has 29 heavy (non-hydrogen) atoms. The number of hydrogen-bond acceptors (Lipinski definition) is 6. The van der Waals surface area contributed by atoms with Gasteiger partial charge >= 0.3 is 0 Å². The first-order valence-corrected chi connectivity index (χ1v) is 10.6. The second-order valence-corrected chi connectivity index (χ2v) is 8.16. The van der Waals surface area contributed by atoms with Gasteiger partial charge in [0.1, 0.15) is 11.4 Å². The van der Waals surface area contributed by atoms with Gasteiger partial charge < -0.3 is 15.0 Å². The molecule has 2 aromatic heterocycles. The van der Waals surface area contributed by atoms with Gasteiger partial charge in [-0.05, 0) is 61.0 Å². The van der Waals surface area contributed by atoms with Gasteiger partial charge in [-0.2, -0.15) is 0 Å². The van der Waals surface area contributed by atoms with Crippen molar-refractivity contribution >= 4 is 28.7 Å². The summed E-state index contributed by atoms with van der Waals surface area (Å²) >= 11 is 1.66. The fourth-order valence-electron chi connectivity index (χ4n) is 3.57. The molecule has 1 amide bonds. The lowest BCUT2D eigenvalue weighted by Crippen LogP contribution is -2.38. The summed E-state index contributed by atoms with van der Waals surface area (Å²) < 4.78 is 5.36. The number of benzene rings is 1. The van der Waals surface area contributed by atoms with Crippen LogP contribution in [0.2, 0.25) is 0 Å². The zero-order chi connectivity index (χ0) is 20.2. The van der Waals surface area contributed by atoms with Gasteiger partial charge in [-0.25, -0.2) is 0 Å². The van der Waals surface area contributed by atoms with Crippen LogP contribution in [0.4, 0.5) is 11.5 Å². The van der Waals surface area contributed by atoms with Crippen LogP contribution in [-0.4, -0.2) is 36.3 Å². The predicted octanol–water partition coefficient (Wildman–Crippen LogP) is 4.38. The average Bonchev–Trinajstić information content (AvgIpc) is 3.29. The van der Waals surface area contributed by atoms with Gasteiger partial charge in [0, 0.05) is 19.0 Å². The van der Waals surface area contributed by atoms with Crippen LogP contribution in [0.15, 0.2) is 47.8 Å². The fraction of sp³-hybridized carbons (Fsp3) is 0.318. The van der Waals surface area contributed by atoms with Crippen molar-refractivity contribution < 1.29 is 9.53 Å². The number of aryl methyl sites for hydroxylation is 1. The molecule has 1 aliphatic rings. The van der Waals surface area contributed by atoms with Crippen LogP contribution in [0.3, 0.4) is 0 Å². The molecule has 1 aromatic carbocycles. The summed E-state index contributed by atoms with van der Waals surface area (Å²) in [7, 11) is 1.61. The second kappa shape index (κ2) is 8.61. The average molecular weight is 409 g/mol. The van der Waals surface area contributed by atoms with Gasteiger partial charge in [0.15, 0.2) is 5.82 Å². The molecule has 0 atom stereocenters. The Morgan fingerprint density at radius 2 is 2.00 bits per heavy atom. The van der Waals surface area contributed by atoms with Crippen LogP contribution in [0.1, 0.15) is 18.4 Å². The number of nitrogens with zero attached hydrogens (tertiary/aromatic N) is 3. The van der Waals surface area contributed by atoms with Crippen molar-refractivity contribution in [2.45, 2.75) is 19.8 Å². The van der Waals surface area contributed by atoms with Crippen LogP contribution in [0.5, 0.6) is 5.75 Å². The smallest absolute Gasteiger partial charge is 0.227 e. The van der Waals surface area contributed by atoms with Crippen LogP contribution in [0.25, 0.3) is 10.6 Å². The van der Waals surface area contributed by atoms with Crippen molar-refractivity contribution in [3.63, 3.8) is 0 Å². The van der Waals surface area contributed by atoms with Gasteiger partial charge in [-0.15, -0.1) is 21.5 Å². The number of nitrogens with one attached hydrogen (secondary N) is 1. The highest BCUT2D eigenvalue weighted by molar-refractivity contribution is 7.13. The van der Waals surface area contributed by atoms with Gasteiger partial charge in [-0.1, -0.05) is 12.1 Å². The minimum absolute atomic E-state index is 0.0187. The molecule has 3 heterocycles. The van der Waals surface area contributed by atoms with Crippen molar-refractivity contribution in [2.24, 2.45) is 5.92 Å². The lowest BCUT2D eigenvalue weighted by Gasteiger charge is -2.32. The summed E-state index contributed by atoms with van der Waals surface area (Å²) in [6.07, 6.45) is 1.57. The number of carbonyl (C=O) groups excluding carboxylic acids is 1. The van der Waals surface area contributed by atoms with Crippen LogP contribution in [-0.2, 0) is 4.79 Å². The Morgan fingerprint density at radius 3 is 2.66 bits per heavy atom. The standard InChI is InChI=1S/C22H24N4O2S/c1-15-5-7-19(28-2)18(14-15)23-22(27)16-9-11-26(12-10-16)21-8-6-17(24-25-21)20-4-3-13-29-20/h3-8,13-14,16H,9-12H2,1-2H3,(H,23,27). The minimum Gasteiger partial charge on any atom is -0.495 e. The van der Waals surface area contributed by atoms with E-state index in [4.69, 9.17) is 4.74 Å². The summed E-state index contributed by atoms with van der Waals surface area (Å²) in [5, 5.41) is 13.8. The lowest BCUT2D eigenvalue weighted by molar-refractivity contribution is -0.120. The maximum atomic E-state index is 12.8. The molecule has 0 saturated carbocycles. The van der Waals surface area contributed by atoms with E-state index in [0.29, 0.717) is 5.75 Å². The Bertz CT molecular complexity index is 965. The Hall–Kier alpha value is -2.93. The van der Waals surface area contributed by atoms with Crippen molar-refractivity contribution in [3.05, 3.63) is 53.4 Å². The number of piperidine rings is 1. The SMILES string of the molecule is COc1ccc(C)cc1NC(=O)C1CCN(c2ccc(-c3cccs3)nn2)CC1. The maximum absolute atomic E-state index is 12.8. The quantitative estimate of drug-likeness (QED) is 0.679. The van der Waals surface area contributed by atoms with E-state index in [2.05, 4.69) is 20.4 Å². The number of thiophene rings is 1. The third kappa shape index (κ3) is 4.40. The zero-order valence-electron chi connectivity index (χ0n) is 16.6. The normalized spacial score (nSPS) is 14.6. The van der Waals surface area contributed by atoms with E-state index in [1.807, 2.05) is 54.8 Å². The Kier molecular flexibility index (Phi) is 5.76. The molecule has 0 spiro atoms. The number of carbonyl (C=O) groups is 1. The first-order valence-electron chi connectivity index (χ1n) is 9.72. The molecule has 4 rings (SSSR count). The molecule has 1 saturated heterocycles. The van der Waals surface area contributed by atoms with Crippen LogP contribution >= 0.6 is 11.3 Å². The number of ether oxygens (including phenoxy) is 1. The van der Waals surface area contributed by atoms with Crippen molar-refractivity contribution in [2.75, 3.05) is 30.4 Å². The molecular formula is C22H24N4O2S. The molecule has 1 N–H and O–H groups in total. The van der Waals surface area contributed by atoms with E-state index in [-0.39, 0.29) is 11.8 Å². The van der Waals surface area contributed by atoms with Crippen LogP contribution in [0, 0.1) is 12.8 Å². The number of aromatic nitrogens is 2. The minimum atomic E-state index is -0.0187. The first-order chi connectivity index (χ1) is 14.1. The summed E-state index contributed by atoms with van der Waals surface area (Å²) in [6.45, 7) is 3.57. The molecule has 3 aromatic rings. The fourth-order valence-corrected chi connectivity index (χ4v) is 4.27. The Labute approximate surface area is 174 Å². The zero-order valence-corrected chi connectivity index (χ0v) is 17.4. The maximum Gasteiger partial charge on any atom is 0.227 e. The number of rotatable bonds is 5. The van der Waals surface area contributed by atoms with Crippen molar-refractivity contribution in [1.82, 2.24) is 10.2 Å². The van der Waals surface area contributed by atoms with Crippen LogP contribution < -0.4 is 15.0 Å². The number of methoxy groups -OCH3 is 1. The third-order valence-corrected chi connectivity index (χ3v) is 6.12. The molecule has 6 nitrogen and oxygen atoms in total. The van der Waals surface area contributed by atoms with Gasteiger partial charge in [0.05, 0.1) is 17.7 Å². The molecule has 7 heteroatoms. The molecule has 0 unspecified atom stereocenters. The highest BCUT2D eigenvalue weighted by atomic mass is 32.1. The van der Waals surface area contributed by atoms with E-state index in [9.17, 15) is 4.79 Å². The number of hydrogen-bond donors (Lipinski definition) is 1. The first kappa shape index (κ1) is 19.4. The molecule has 0 bridgehead atoms. The lowest BCUT2D eigenvalue weighted by atomic mass is 9.95. The predicted molar refractivity (Wildman–Crippen MR) is 117 cm³/mol. The third-order valence-electron chi connectivity index (χ3n) is 5.23. The summed E-state index contributed by atoms with van der Waals surface area (Å²) in [5.41, 5.74) is 2.71. The largest absolute Gasteiger partial charge is 0.495 e. The molecule has 0 radical (unpaired) electrons. The van der Waals surface area contributed by atoms with Crippen molar-refractivity contribution in [3.8, 4) is 16.3 Å². The molecule has 1 fully saturated rings. The highest BCUT2D eigenvalue weighted by Gasteiger charge is 2.26. The molecular weight excluding hydrogens is 384 g/mol. The Morgan fingerprint density at radius 1 is 1.17 bits per heavy atom. The van der Waals surface area contributed by atoms with E-state index in [1.165, 1.54) is 0 Å². The summed E-state index contributed by atoms with van der Waals surface area (Å²) in [4.78, 5) is 16.1. The summed E-state index contributed by atoms with van der Waals surface area (Å²) in [5.74, 6) is 1.58. The second-order valence-electron chi connectivity index (χ2n) is 7.21. The van der Waals surface area contributed by atoms with E-state index >= 15 is 0 Å². The Balaban J connectivity index is 1.35. The van der Waals surface area contributed by atoms with E-state index in [0.717, 1.165) is 53.6 Å². The molecule has 0 aliphatic carbocycles. The number of anilines is 2. The van der Waals surface area contributed by atoms with Gasteiger partial charge in [0.2, 0.25) is 5.91 Å². The van der Waals surface area contributed by atoms with Gasteiger partial charge in [-0.3, -0.25) is 4.79 Å². The van der Waals surface area contributed by atoms with Gasteiger partial charge in [0.25, 0.3) is 0 Å². The summed E-state index contributed by atoms with van der Waals surface area (Å²) in [6, 6.07) is 13.9. The number of amides is 1. The monoisotopic (exact) mass is 408 g/mol.